The monoisotopic (exact) mass is 854 g/mol. The molecule has 4 aliphatic rings. The van der Waals surface area contributed by atoms with Crippen molar-refractivity contribution in [3.8, 4) is 0 Å². The largest absolute Gasteiger partial charge is 0.458 e. The topological polar surface area (TPSA) is 210 Å². The number of likely N-dealkylation sites (N-methyl/N-ethyl adjacent to an activating group) is 1. The highest BCUT2D eigenvalue weighted by Gasteiger charge is 2.49. The fourth-order valence-electron chi connectivity index (χ4n) is 8.36. The predicted octanol–water partition coefficient (Wildman–Crippen LogP) is 0.797. The Morgan fingerprint density at radius 1 is 0.917 bits per heavy atom. The van der Waals surface area contributed by atoms with Crippen molar-refractivity contribution >= 4 is 58.8 Å². The molecule has 324 valence electrons. The Labute approximate surface area is 352 Å². The first-order chi connectivity index (χ1) is 28.4. The molecule has 60 heavy (non-hydrogen) atoms. The number of halogens is 2. The molecule has 4 aliphatic heterocycles. The van der Waals surface area contributed by atoms with Gasteiger partial charge in [0.05, 0.1) is 11.8 Å². The van der Waals surface area contributed by atoms with Crippen LogP contribution in [-0.4, -0.2) is 154 Å². The molecule has 0 radical (unpaired) electrons. The van der Waals surface area contributed by atoms with Crippen LogP contribution in [0.15, 0.2) is 42.5 Å². The number of urea groups is 1. The van der Waals surface area contributed by atoms with Crippen molar-refractivity contribution in [2.45, 2.75) is 95.4 Å². The molecule has 9 atom stereocenters. The number of aliphatic hydroxyl groups is 1. The van der Waals surface area contributed by atoms with Crippen LogP contribution >= 0.6 is 11.6 Å². The van der Waals surface area contributed by atoms with E-state index in [4.69, 9.17) is 16.3 Å². The number of amides is 7. The van der Waals surface area contributed by atoms with Crippen LogP contribution in [0.1, 0.15) is 44.7 Å². The normalized spacial score (nSPS) is 28.6. The average molecular weight is 855 g/mol. The molecular formula is C41H52ClFN8O9. The highest BCUT2D eigenvalue weighted by atomic mass is 35.5. The molecule has 6 rings (SSSR count). The molecule has 2 aromatic rings. The van der Waals surface area contributed by atoms with E-state index in [9.17, 15) is 43.1 Å². The summed E-state index contributed by atoms with van der Waals surface area (Å²) in [5.41, 5.74) is 1.27. The van der Waals surface area contributed by atoms with Crippen molar-refractivity contribution in [1.29, 1.82) is 0 Å². The number of fused-ring (bicyclic) bond motifs is 3. The van der Waals surface area contributed by atoms with Gasteiger partial charge in [-0.3, -0.25) is 24.0 Å². The van der Waals surface area contributed by atoms with Crippen molar-refractivity contribution in [2.24, 2.45) is 5.92 Å². The Morgan fingerprint density at radius 3 is 2.37 bits per heavy atom. The van der Waals surface area contributed by atoms with Crippen LogP contribution in [0.25, 0.3) is 0 Å². The molecule has 4 fully saturated rings. The van der Waals surface area contributed by atoms with E-state index < -0.39 is 95.8 Å². The van der Waals surface area contributed by atoms with Gasteiger partial charge in [0.1, 0.15) is 48.2 Å². The van der Waals surface area contributed by atoms with E-state index in [1.54, 1.807) is 25.2 Å². The van der Waals surface area contributed by atoms with Gasteiger partial charge in [-0.05, 0) is 63.9 Å². The molecule has 0 saturated carbocycles. The number of nitrogens with one attached hydrogen (secondary N) is 4. The molecular weight excluding hydrogens is 803 g/mol. The lowest BCUT2D eigenvalue weighted by Gasteiger charge is -2.42. The number of nitrogens with zero attached hydrogens (tertiary/aromatic N) is 4. The maximum Gasteiger partial charge on any atom is 0.329 e. The Hall–Kier alpha value is -5.33. The number of rotatable bonds is 6. The highest BCUT2D eigenvalue weighted by molar-refractivity contribution is 6.30. The number of aliphatic hydroxyl groups excluding tert-OH is 1. The summed E-state index contributed by atoms with van der Waals surface area (Å²) >= 11 is 5.88. The van der Waals surface area contributed by atoms with E-state index in [2.05, 4.69) is 21.3 Å². The molecule has 19 heteroatoms. The van der Waals surface area contributed by atoms with Gasteiger partial charge in [-0.1, -0.05) is 48.4 Å². The highest BCUT2D eigenvalue weighted by Crippen LogP contribution is 2.28. The van der Waals surface area contributed by atoms with Crippen LogP contribution in [-0.2, 0) is 39.9 Å². The number of esters is 1. The number of carbonyl (C=O) groups is 7. The SMILES string of the molecule is Cc1cccc(C[C@H](NC(=O)Nc2ccc(Cl)cc2F)C(=O)N[C@@H]2C(=O)N3C[C@H](O)C[C@H]3C(=O)N3CCN(C)C[C@H]3C(=O)N[C@@H](C)C(=O)N3C[C@H](C)C[C@H]3C(=O)O[C@H]2C)c1. The second-order valence-corrected chi connectivity index (χ2v) is 16.8. The van der Waals surface area contributed by atoms with Gasteiger partial charge in [-0.15, -0.1) is 0 Å². The van der Waals surface area contributed by atoms with E-state index in [1.165, 1.54) is 35.8 Å². The average Bonchev–Trinajstić information content (AvgIpc) is 3.78. The maximum absolute atomic E-state index is 14.8. The summed E-state index contributed by atoms with van der Waals surface area (Å²) in [5.74, 6) is -5.32. The molecule has 5 N–H and O–H groups in total. The van der Waals surface area contributed by atoms with Gasteiger partial charge in [-0.25, -0.2) is 14.0 Å². The van der Waals surface area contributed by atoms with Crippen molar-refractivity contribution in [3.05, 3.63) is 64.4 Å². The van der Waals surface area contributed by atoms with Gasteiger partial charge in [0, 0.05) is 50.6 Å². The molecule has 0 aliphatic carbocycles. The van der Waals surface area contributed by atoms with E-state index in [0.717, 1.165) is 16.5 Å². The number of hydrogen-bond acceptors (Lipinski definition) is 10. The Bertz CT molecular complexity index is 2030. The number of cyclic esters (lactones) is 1. The maximum atomic E-state index is 14.8. The van der Waals surface area contributed by atoms with Gasteiger partial charge < -0.3 is 50.7 Å². The number of piperazine rings is 1. The van der Waals surface area contributed by atoms with Gasteiger partial charge in [-0.2, -0.15) is 0 Å². The molecule has 2 aromatic carbocycles. The van der Waals surface area contributed by atoms with Gasteiger partial charge in [0.25, 0.3) is 0 Å². The Balaban J connectivity index is 1.36. The molecule has 0 unspecified atom stereocenters. The number of hydrogen-bond donors (Lipinski definition) is 5. The van der Waals surface area contributed by atoms with Crippen LogP contribution in [0.5, 0.6) is 0 Å². The molecule has 4 saturated heterocycles. The summed E-state index contributed by atoms with van der Waals surface area (Å²) in [6, 6.07) is 2.26. The third kappa shape index (κ3) is 9.99. The summed E-state index contributed by atoms with van der Waals surface area (Å²) in [4.78, 5) is 104. The fraction of sp³-hybridized carbons (Fsp3) is 0.537. The smallest absolute Gasteiger partial charge is 0.329 e. The number of anilines is 1. The molecule has 0 bridgehead atoms. The zero-order chi connectivity index (χ0) is 43.6. The molecule has 4 heterocycles. The molecule has 0 spiro atoms. The second kappa shape index (κ2) is 18.5. The van der Waals surface area contributed by atoms with Crippen molar-refractivity contribution in [2.75, 3.05) is 45.1 Å². The zero-order valence-electron chi connectivity index (χ0n) is 34.2. The summed E-state index contributed by atoms with van der Waals surface area (Å²) < 4.78 is 20.6. The predicted molar refractivity (Wildman–Crippen MR) is 216 cm³/mol. The summed E-state index contributed by atoms with van der Waals surface area (Å²) in [6.07, 6.45) is -2.61. The third-order valence-electron chi connectivity index (χ3n) is 11.5. The number of carbonyl (C=O) groups excluding carboxylic acids is 7. The van der Waals surface area contributed by atoms with Crippen molar-refractivity contribution in [3.63, 3.8) is 0 Å². The lowest BCUT2D eigenvalue weighted by Crippen LogP contribution is -2.65. The van der Waals surface area contributed by atoms with Gasteiger partial charge in [0.2, 0.25) is 29.5 Å². The Morgan fingerprint density at radius 2 is 1.65 bits per heavy atom. The number of aryl methyl sites for hydroxylation is 1. The van der Waals surface area contributed by atoms with Crippen LogP contribution in [0.2, 0.25) is 5.02 Å². The minimum absolute atomic E-state index is 0.0925. The van der Waals surface area contributed by atoms with Crippen LogP contribution in [0.3, 0.4) is 0 Å². The quantitative estimate of drug-likeness (QED) is 0.258. The summed E-state index contributed by atoms with van der Waals surface area (Å²) in [5, 5.41) is 21.4. The summed E-state index contributed by atoms with van der Waals surface area (Å²) in [7, 11) is 1.79. The van der Waals surface area contributed by atoms with Crippen molar-refractivity contribution in [1.82, 2.24) is 35.6 Å². The van der Waals surface area contributed by atoms with Crippen molar-refractivity contribution < 1.29 is 47.8 Å². The summed E-state index contributed by atoms with van der Waals surface area (Å²) in [6.45, 7) is 7.10. The first kappa shape index (κ1) is 44.2. The zero-order valence-corrected chi connectivity index (χ0v) is 34.9. The molecule has 7 amide bonds. The van der Waals surface area contributed by atoms with E-state index in [-0.39, 0.29) is 62.1 Å². The van der Waals surface area contributed by atoms with Crippen LogP contribution < -0.4 is 21.3 Å². The minimum atomic E-state index is -1.68. The lowest BCUT2D eigenvalue weighted by molar-refractivity contribution is -0.163. The van der Waals surface area contributed by atoms with Gasteiger partial charge >= 0.3 is 12.0 Å². The minimum Gasteiger partial charge on any atom is -0.458 e. The standard InChI is InChI=1S/C41H52ClFN8O9/c1-21-7-6-8-25(13-21)15-30(46-41(59)45-29-10-9-26(42)16-28(29)43)35(53)47-34-24(4)60-40(58)32-14-22(2)18-50(32)37(55)23(3)44-36(54)33-20-48(5)11-12-49(33)38(56)31-17-27(52)19-51(31)39(34)57/h6-10,13,16,22-24,27,30-34,52H,11-12,14-15,17-20H2,1-5H3,(H,44,54)(H,47,53)(H2,45,46,59)/t22-,23+,24+,27-,30+,31+,32+,33+,34+/m1/s1. The fourth-order valence-corrected chi connectivity index (χ4v) is 8.52. The number of benzene rings is 2. The Kier molecular flexibility index (Phi) is 13.6. The first-order valence-corrected chi connectivity index (χ1v) is 20.4. The van der Waals surface area contributed by atoms with Crippen LogP contribution in [0.4, 0.5) is 14.9 Å². The third-order valence-corrected chi connectivity index (χ3v) is 11.7. The van der Waals surface area contributed by atoms with E-state index in [1.807, 2.05) is 24.8 Å². The van der Waals surface area contributed by atoms with E-state index >= 15 is 0 Å². The number of ether oxygens (including phenoxy) is 1. The second-order valence-electron chi connectivity index (χ2n) is 16.4. The molecule has 0 aromatic heterocycles. The van der Waals surface area contributed by atoms with E-state index in [0.29, 0.717) is 12.1 Å². The van der Waals surface area contributed by atoms with Gasteiger partial charge in [0.15, 0.2) is 0 Å². The van der Waals surface area contributed by atoms with Crippen LogP contribution in [0, 0.1) is 18.7 Å². The first-order valence-electron chi connectivity index (χ1n) is 20.1. The molecule has 17 nitrogen and oxygen atoms in total. The lowest BCUT2D eigenvalue weighted by atomic mass is 10.0.